The molecule has 37 heavy (non-hydrogen) atoms. The number of carbonyl (C=O) groups excluding carboxylic acids is 2. The van der Waals surface area contributed by atoms with Crippen LogP contribution in [0.5, 0.6) is 11.5 Å². The number of esters is 1. The highest BCUT2D eigenvalue weighted by Gasteiger charge is 2.43. The predicted molar refractivity (Wildman–Crippen MR) is 137 cm³/mol. The lowest BCUT2D eigenvalue weighted by molar-refractivity contribution is -0.138. The number of allylic oxidation sites excluding steroid dienone is 2. The predicted octanol–water partition coefficient (Wildman–Crippen LogP) is 5.54. The monoisotopic (exact) mass is 499 g/mol. The Bertz CT molecular complexity index is 1460. The molecule has 1 N–H and O–H groups in total. The van der Waals surface area contributed by atoms with Crippen molar-refractivity contribution in [2.24, 2.45) is 0 Å². The lowest BCUT2D eigenvalue weighted by Crippen LogP contribution is -2.29. The molecule has 3 aromatic carbocycles. The fraction of sp³-hybridized carbons (Fsp3) is 0.200. The van der Waals surface area contributed by atoms with E-state index < -0.39 is 11.9 Å². The van der Waals surface area contributed by atoms with E-state index in [1.165, 1.54) is 19.2 Å². The summed E-state index contributed by atoms with van der Waals surface area (Å²) in [7, 11) is 1.53. The van der Waals surface area contributed by atoms with Gasteiger partial charge in [-0.05, 0) is 49.2 Å². The Hall–Kier alpha value is -4.39. The molecule has 6 nitrogen and oxygen atoms in total. The smallest absolute Gasteiger partial charge is 0.336 e. The van der Waals surface area contributed by atoms with Crippen LogP contribution < -0.4 is 14.8 Å². The van der Waals surface area contributed by atoms with Crippen LogP contribution in [-0.4, -0.2) is 25.5 Å². The van der Waals surface area contributed by atoms with E-state index >= 15 is 0 Å². The molecule has 1 unspecified atom stereocenters. The van der Waals surface area contributed by atoms with Crippen molar-refractivity contribution >= 4 is 17.4 Å². The maximum atomic E-state index is 13.6. The molecule has 0 spiro atoms. The van der Waals surface area contributed by atoms with E-state index in [1.807, 2.05) is 31.2 Å². The highest BCUT2D eigenvalue weighted by atomic mass is 19.1. The van der Waals surface area contributed by atoms with E-state index in [0.29, 0.717) is 45.2 Å². The summed E-state index contributed by atoms with van der Waals surface area (Å²) in [6.45, 7) is 3.99. The molecule has 1 aliphatic heterocycles. The van der Waals surface area contributed by atoms with Gasteiger partial charge in [0.1, 0.15) is 12.4 Å². The highest BCUT2D eigenvalue weighted by Crippen LogP contribution is 2.48. The summed E-state index contributed by atoms with van der Waals surface area (Å²) in [5.41, 5.74) is 5.10. The normalized spacial score (nSPS) is 16.2. The molecule has 0 amide bonds. The van der Waals surface area contributed by atoms with Crippen molar-refractivity contribution in [3.63, 3.8) is 0 Å². The largest absolute Gasteiger partial charge is 0.493 e. The van der Waals surface area contributed by atoms with Crippen LogP contribution in [0.2, 0.25) is 0 Å². The Morgan fingerprint density at radius 1 is 1.00 bits per heavy atom. The van der Waals surface area contributed by atoms with Gasteiger partial charge in [0, 0.05) is 28.3 Å². The van der Waals surface area contributed by atoms with Crippen LogP contribution in [0, 0.1) is 5.82 Å². The molecule has 0 aromatic heterocycles. The second kappa shape index (κ2) is 9.93. The van der Waals surface area contributed by atoms with Gasteiger partial charge in [0.25, 0.3) is 0 Å². The zero-order chi connectivity index (χ0) is 26.1. The Morgan fingerprint density at radius 2 is 1.73 bits per heavy atom. The maximum Gasteiger partial charge on any atom is 0.336 e. The van der Waals surface area contributed by atoms with Crippen LogP contribution in [0.1, 0.15) is 46.8 Å². The zero-order valence-corrected chi connectivity index (χ0v) is 20.8. The molecule has 1 heterocycles. The van der Waals surface area contributed by atoms with E-state index in [0.717, 1.165) is 11.1 Å². The fourth-order valence-electron chi connectivity index (χ4n) is 4.87. The molecule has 0 saturated heterocycles. The number of benzene rings is 3. The lowest BCUT2D eigenvalue weighted by atomic mass is 9.79. The van der Waals surface area contributed by atoms with Crippen molar-refractivity contribution in [1.29, 1.82) is 0 Å². The third-order valence-electron chi connectivity index (χ3n) is 6.57. The van der Waals surface area contributed by atoms with E-state index in [2.05, 4.69) is 5.32 Å². The number of ketones is 1. The van der Waals surface area contributed by atoms with E-state index in [-0.39, 0.29) is 24.8 Å². The molecule has 0 radical (unpaired) electrons. The number of methoxy groups -OCH3 is 1. The Morgan fingerprint density at radius 3 is 2.43 bits per heavy atom. The Kier molecular flexibility index (Phi) is 6.53. The number of Topliss-reactive ketones (excluding diaryl/α,β-unsaturated/α-hetero) is 1. The lowest BCUT2D eigenvalue weighted by Gasteiger charge is -2.29. The van der Waals surface area contributed by atoms with Gasteiger partial charge in [-0.15, -0.1) is 0 Å². The van der Waals surface area contributed by atoms with Gasteiger partial charge >= 0.3 is 5.97 Å². The molecule has 0 fully saturated rings. The number of hydrogen-bond donors (Lipinski definition) is 1. The number of ether oxygens (including phenoxy) is 3. The van der Waals surface area contributed by atoms with Gasteiger partial charge < -0.3 is 19.5 Å². The minimum Gasteiger partial charge on any atom is -0.493 e. The van der Waals surface area contributed by atoms with E-state index in [1.54, 1.807) is 37.3 Å². The minimum absolute atomic E-state index is 0.131. The van der Waals surface area contributed by atoms with Crippen LogP contribution in [0.25, 0.3) is 5.70 Å². The Balaban J connectivity index is 1.56. The van der Waals surface area contributed by atoms with Crippen molar-refractivity contribution < 1.29 is 28.2 Å². The maximum absolute atomic E-state index is 13.6. The first-order chi connectivity index (χ1) is 17.9. The van der Waals surface area contributed by atoms with Gasteiger partial charge in [-0.2, -0.15) is 0 Å². The first-order valence-corrected chi connectivity index (χ1v) is 12.0. The summed E-state index contributed by atoms with van der Waals surface area (Å²) in [6.07, 6.45) is 0. The standard InChI is InChI=1S/C30H26FNO5/c1-4-36-30(34)25-17(2)32-28-21-7-5-6-8-22(21)29(33)27(28)26(25)19-11-14-23(24(15-19)35-3)37-16-18-9-12-20(31)13-10-18/h5-15,26,32H,4,16H2,1-3H3. The van der Waals surface area contributed by atoms with E-state index in [4.69, 9.17) is 14.2 Å². The number of hydrogen-bond acceptors (Lipinski definition) is 6. The van der Waals surface area contributed by atoms with Gasteiger partial charge in [-0.3, -0.25) is 4.79 Å². The number of dihydropyridines is 1. The quantitative estimate of drug-likeness (QED) is 0.430. The van der Waals surface area contributed by atoms with Crippen molar-refractivity contribution in [1.82, 2.24) is 5.32 Å². The molecular weight excluding hydrogens is 473 g/mol. The number of halogens is 1. The molecule has 1 aliphatic carbocycles. The molecular formula is C30H26FNO5. The van der Waals surface area contributed by atoms with Gasteiger partial charge in [0.05, 0.1) is 25.0 Å². The molecule has 188 valence electrons. The van der Waals surface area contributed by atoms with Crippen LogP contribution in [-0.2, 0) is 16.1 Å². The molecule has 0 saturated carbocycles. The van der Waals surface area contributed by atoms with Gasteiger partial charge in [0.2, 0.25) is 0 Å². The van der Waals surface area contributed by atoms with Crippen molar-refractivity contribution in [3.8, 4) is 11.5 Å². The summed E-state index contributed by atoms with van der Waals surface area (Å²) in [5.74, 6) is -0.653. The number of fused-ring (bicyclic) bond motifs is 2. The number of rotatable bonds is 7. The van der Waals surface area contributed by atoms with Gasteiger partial charge in [0.15, 0.2) is 17.3 Å². The second-order valence-electron chi connectivity index (χ2n) is 8.81. The van der Waals surface area contributed by atoms with Gasteiger partial charge in [-0.25, -0.2) is 9.18 Å². The molecule has 2 aliphatic rings. The SMILES string of the molecule is CCOC(=O)C1=C(C)NC2=C(C(=O)c3ccccc32)C1c1ccc(OCc2ccc(F)cc2)c(OC)c1. The van der Waals surface area contributed by atoms with Crippen LogP contribution in [0.3, 0.4) is 0 Å². The van der Waals surface area contributed by atoms with Crippen molar-refractivity contribution in [3.05, 3.63) is 112 Å². The third kappa shape index (κ3) is 4.37. The van der Waals surface area contributed by atoms with Crippen LogP contribution in [0.4, 0.5) is 4.39 Å². The van der Waals surface area contributed by atoms with Gasteiger partial charge in [-0.1, -0.05) is 42.5 Å². The molecule has 0 bridgehead atoms. The molecule has 7 heteroatoms. The average Bonchev–Trinajstić information content (AvgIpc) is 3.19. The summed E-state index contributed by atoms with van der Waals surface area (Å²) in [6, 6.07) is 18.8. The minimum atomic E-state index is -0.657. The van der Waals surface area contributed by atoms with E-state index in [9.17, 15) is 14.0 Å². The molecule has 5 rings (SSSR count). The Labute approximate surface area is 214 Å². The van der Waals surface area contributed by atoms with Crippen LogP contribution >= 0.6 is 0 Å². The summed E-state index contributed by atoms with van der Waals surface area (Å²) >= 11 is 0. The summed E-state index contributed by atoms with van der Waals surface area (Å²) < 4.78 is 30.2. The zero-order valence-electron chi connectivity index (χ0n) is 20.8. The topological polar surface area (TPSA) is 73.9 Å². The third-order valence-corrected chi connectivity index (χ3v) is 6.57. The van der Waals surface area contributed by atoms with Crippen LogP contribution in [0.15, 0.2) is 83.6 Å². The highest BCUT2D eigenvalue weighted by molar-refractivity contribution is 6.23. The summed E-state index contributed by atoms with van der Waals surface area (Å²) in [5, 5.41) is 3.29. The first-order valence-electron chi connectivity index (χ1n) is 12.0. The fourth-order valence-corrected chi connectivity index (χ4v) is 4.87. The average molecular weight is 500 g/mol. The molecule has 1 atom stereocenters. The number of carbonyl (C=O) groups is 2. The summed E-state index contributed by atoms with van der Waals surface area (Å²) in [4.78, 5) is 26.7. The van der Waals surface area contributed by atoms with Crippen molar-refractivity contribution in [2.75, 3.05) is 13.7 Å². The number of nitrogens with one attached hydrogen (secondary N) is 1. The second-order valence-corrected chi connectivity index (χ2v) is 8.81. The molecule has 3 aromatic rings. The first kappa shape index (κ1) is 24.3. The van der Waals surface area contributed by atoms with Crippen molar-refractivity contribution in [2.45, 2.75) is 26.4 Å².